The van der Waals surface area contributed by atoms with Gasteiger partial charge in [-0.1, -0.05) is 0 Å². The maximum Gasteiger partial charge on any atom is 0.254 e. The van der Waals surface area contributed by atoms with Crippen molar-refractivity contribution in [3.63, 3.8) is 0 Å². The van der Waals surface area contributed by atoms with Crippen molar-refractivity contribution in [3.8, 4) is 5.88 Å². The van der Waals surface area contributed by atoms with Gasteiger partial charge in [0.05, 0.1) is 32.1 Å². The molecule has 0 saturated carbocycles. The van der Waals surface area contributed by atoms with Crippen LogP contribution in [-0.4, -0.2) is 77.5 Å². The van der Waals surface area contributed by atoms with Crippen LogP contribution in [0.4, 0.5) is 0 Å². The molecule has 26 heavy (non-hydrogen) atoms. The van der Waals surface area contributed by atoms with Gasteiger partial charge in [0.2, 0.25) is 5.88 Å². The first-order valence-corrected chi connectivity index (χ1v) is 8.55. The Morgan fingerprint density at radius 3 is 2.92 bits per heavy atom. The van der Waals surface area contributed by atoms with E-state index in [0.29, 0.717) is 31.1 Å². The van der Waals surface area contributed by atoms with Crippen LogP contribution in [0, 0.1) is 0 Å². The molecule has 1 saturated heterocycles. The molecule has 1 aliphatic rings. The molecular formula is C18H25N5O3. The molecule has 0 aromatic carbocycles. The number of ether oxygens (including phenoxy) is 2. The van der Waals surface area contributed by atoms with E-state index in [2.05, 4.69) is 15.0 Å². The van der Waals surface area contributed by atoms with E-state index in [9.17, 15) is 4.79 Å². The number of methoxy groups -OCH3 is 1. The first-order valence-electron chi connectivity index (χ1n) is 8.55. The van der Waals surface area contributed by atoms with Crippen molar-refractivity contribution in [2.75, 3.05) is 40.9 Å². The molecule has 0 aliphatic carbocycles. The van der Waals surface area contributed by atoms with Gasteiger partial charge in [0.25, 0.3) is 5.91 Å². The molecule has 1 fully saturated rings. The lowest BCUT2D eigenvalue weighted by Gasteiger charge is -2.41. The number of aryl methyl sites for hydroxylation is 1. The van der Waals surface area contributed by atoms with Crippen LogP contribution in [0.3, 0.4) is 0 Å². The number of hydrogen-bond acceptors (Lipinski definition) is 6. The summed E-state index contributed by atoms with van der Waals surface area (Å²) in [6, 6.07) is 3.17. The highest BCUT2D eigenvalue weighted by Gasteiger charge is 2.37. The summed E-state index contributed by atoms with van der Waals surface area (Å²) in [6.07, 6.45) is 5.20. The zero-order valence-corrected chi connectivity index (χ0v) is 15.6. The highest BCUT2D eigenvalue weighted by atomic mass is 16.5. The number of rotatable bonds is 5. The van der Waals surface area contributed by atoms with E-state index < -0.39 is 0 Å². The Kier molecular flexibility index (Phi) is 5.53. The summed E-state index contributed by atoms with van der Waals surface area (Å²) in [7, 11) is 7.40. The lowest BCUT2D eigenvalue weighted by Crippen LogP contribution is -2.51. The van der Waals surface area contributed by atoms with Gasteiger partial charge in [-0.05, 0) is 20.2 Å². The predicted octanol–water partition coefficient (Wildman–Crippen LogP) is 0.968. The van der Waals surface area contributed by atoms with E-state index >= 15 is 0 Å². The lowest BCUT2D eigenvalue weighted by molar-refractivity contribution is -0.0684. The Morgan fingerprint density at radius 1 is 1.46 bits per heavy atom. The van der Waals surface area contributed by atoms with Crippen molar-refractivity contribution in [2.24, 2.45) is 7.05 Å². The average molecular weight is 359 g/mol. The van der Waals surface area contributed by atoms with E-state index in [1.807, 2.05) is 32.2 Å². The summed E-state index contributed by atoms with van der Waals surface area (Å²) in [5.74, 6) is 0.360. The lowest BCUT2D eigenvalue weighted by atomic mass is 9.99. The van der Waals surface area contributed by atoms with E-state index in [1.165, 1.54) is 7.11 Å². The number of hydrogen-bond donors (Lipinski definition) is 0. The van der Waals surface area contributed by atoms with Crippen LogP contribution in [0.25, 0.3) is 0 Å². The van der Waals surface area contributed by atoms with Crippen LogP contribution in [0.5, 0.6) is 5.88 Å². The fourth-order valence-corrected chi connectivity index (χ4v) is 3.28. The number of amides is 1. The monoisotopic (exact) mass is 359 g/mol. The quantitative estimate of drug-likeness (QED) is 0.792. The zero-order valence-electron chi connectivity index (χ0n) is 15.6. The second-order valence-corrected chi connectivity index (χ2v) is 6.65. The molecule has 3 rings (SSSR count). The average Bonchev–Trinajstić information content (AvgIpc) is 3.06. The fraction of sp³-hybridized carbons (Fsp3) is 0.500. The smallest absolute Gasteiger partial charge is 0.254 e. The van der Waals surface area contributed by atoms with Gasteiger partial charge in [0, 0.05) is 49.7 Å². The van der Waals surface area contributed by atoms with Gasteiger partial charge >= 0.3 is 0 Å². The van der Waals surface area contributed by atoms with Gasteiger partial charge in [-0.3, -0.25) is 9.48 Å². The van der Waals surface area contributed by atoms with E-state index in [-0.39, 0.29) is 18.1 Å². The van der Waals surface area contributed by atoms with E-state index in [1.54, 1.807) is 29.2 Å². The molecule has 0 N–H and O–H groups in total. The van der Waals surface area contributed by atoms with Gasteiger partial charge in [0.15, 0.2) is 0 Å². The molecule has 0 spiro atoms. The van der Waals surface area contributed by atoms with Gasteiger partial charge < -0.3 is 19.3 Å². The fourth-order valence-electron chi connectivity index (χ4n) is 3.28. The molecule has 0 bridgehead atoms. The molecule has 2 aromatic rings. The van der Waals surface area contributed by atoms with Crippen molar-refractivity contribution >= 4 is 5.91 Å². The molecule has 8 nitrogen and oxygen atoms in total. The SMILES string of the molecule is COc1cc(C(=O)N2CCO[C@@H](CN(C)C)[C@@H]2c2cnn(C)c2)ccn1. The third-order valence-electron chi connectivity index (χ3n) is 4.42. The number of carbonyl (C=O) groups is 1. The van der Waals surface area contributed by atoms with Crippen LogP contribution >= 0.6 is 0 Å². The van der Waals surface area contributed by atoms with Crippen LogP contribution in [0.2, 0.25) is 0 Å². The number of aromatic nitrogens is 3. The Labute approximate surface area is 153 Å². The van der Waals surface area contributed by atoms with Crippen LogP contribution < -0.4 is 4.74 Å². The van der Waals surface area contributed by atoms with Crippen LogP contribution in [-0.2, 0) is 11.8 Å². The van der Waals surface area contributed by atoms with Gasteiger partial charge in [0.1, 0.15) is 0 Å². The van der Waals surface area contributed by atoms with Crippen molar-refractivity contribution in [1.82, 2.24) is 24.6 Å². The molecule has 8 heteroatoms. The summed E-state index contributed by atoms with van der Waals surface area (Å²) < 4.78 is 12.9. The predicted molar refractivity (Wildman–Crippen MR) is 96.1 cm³/mol. The summed E-state index contributed by atoms with van der Waals surface area (Å²) in [4.78, 5) is 21.3. The summed E-state index contributed by atoms with van der Waals surface area (Å²) in [5.41, 5.74) is 1.52. The Hall–Kier alpha value is -2.45. The molecule has 0 unspecified atom stereocenters. The van der Waals surface area contributed by atoms with Crippen molar-refractivity contribution in [2.45, 2.75) is 12.1 Å². The molecule has 1 aliphatic heterocycles. The minimum absolute atomic E-state index is 0.0633. The second-order valence-electron chi connectivity index (χ2n) is 6.65. The van der Waals surface area contributed by atoms with Gasteiger partial charge in [-0.2, -0.15) is 5.10 Å². The molecular weight excluding hydrogens is 334 g/mol. The Balaban J connectivity index is 1.94. The molecule has 2 atom stereocenters. The first-order chi connectivity index (χ1) is 12.5. The highest BCUT2D eigenvalue weighted by Crippen LogP contribution is 2.31. The largest absolute Gasteiger partial charge is 0.481 e. The number of pyridine rings is 1. The van der Waals surface area contributed by atoms with Gasteiger partial charge in [-0.15, -0.1) is 0 Å². The standard InChI is InChI=1S/C18H25N5O3/c1-21(2)12-15-17(14-10-20-22(3)11-14)23(7-8-26-15)18(24)13-5-6-19-16(9-13)25-4/h5-6,9-11,15,17H,7-8,12H2,1-4H3/t15-,17-/m0/s1. The third-order valence-corrected chi connectivity index (χ3v) is 4.42. The number of morpholine rings is 1. The molecule has 140 valence electrons. The molecule has 1 amide bonds. The molecule has 0 radical (unpaired) electrons. The van der Waals surface area contributed by atoms with Crippen molar-refractivity contribution < 1.29 is 14.3 Å². The summed E-state index contributed by atoms with van der Waals surface area (Å²) in [6.45, 7) is 1.74. The maximum atomic E-state index is 13.2. The third kappa shape index (κ3) is 3.86. The molecule has 3 heterocycles. The van der Waals surface area contributed by atoms with Gasteiger partial charge in [-0.25, -0.2) is 4.98 Å². The minimum atomic E-state index is -0.202. The van der Waals surface area contributed by atoms with Crippen LogP contribution in [0.1, 0.15) is 22.0 Å². The van der Waals surface area contributed by atoms with E-state index in [4.69, 9.17) is 9.47 Å². The topological polar surface area (TPSA) is 72.7 Å². The Bertz CT molecular complexity index is 761. The van der Waals surface area contributed by atoms with Crippen molar-refractivity contribution in [1.29, 1.82) is 0 Å². The highest BCUT2D eigenvalue weighted by molar-refractivity contribution is 5.94. The summed E-state index contributed by atoms with van der Waals surface area (Å²) in [5, 5.41) is 4.28. The summed E-state index contributed by atoms with van der Waals surface area (Å²) >= 11 is 0. The first kappa shape index (κ1) is 18.3. The van der Waals surface area contributed by atoms with Crippen LogP contribution in [0.15, 0.2) is 30.7 Å². The molecule has 2 aromatic heterocycles. The Morgan fingerprint density at radius 2 is 2.27 bits per heavy atom. The minimum Gasteiger partial charge on any atom is -0.481 e. The number of carbonyl (C=O) groups excluding carboxylic acids is 1. The second kappa shape index (κ2) is 7.84. The van der Waals surface area contributed by atoms with E-state index in [0.717, 1.165) is 5.56 Å². The number of nitrogens with zero attached hydrogens (tertiary/aromatic N) is 5. The maximum absolute atomic E-state index is 13.2. The zero-order chi connectivity index (χ0) is 18.7. The number of likely N-dealkylation sites (N-methyl/N-ethyl adjacent to an activating group) is 1. The van der Waals surface area contributed by atoms with Crippen molar-refractivity contribution in [3.05, 3.63) is 41.9 Å². The normalized spacial score (nSPS) is 20.4.